The Bertz CT molecular complexity index is 795. The van der Waals surface area contributed by atoms with Gasteiger partial charge in [-0.05, 0) is 50.2 Å². The largest absolute Gasteiger partial charge is 0.496 e. The van der Waals surface area contributed by atoms with Crippen LogP contribution >= 0.6 is 0 Å². The van der Waals surface area contributed by atoms with Crippen molar-refractivity contribution in [3.05, 3.63) is 53.6 Å². The van der Waals surface area contributed by atoms with E-state index in [1.165, 1.54) is 5.56 Å². The van der Waals surface area contributed by atoms with E-state index < -0.39 is 0 Å². The number of hydrogen-bond acceptors (Lipinski definition) is 5. The first-order chi connectivity index (χ1) is 14.6. The molecule has 2 aromatic carbocycles. The maximum Gasteiger partial charge on any atom is 0.251 e. The summed E-state index contributed by atoms with van der Waals surface area (Å²) in [6, 6.07) is 13.4. The van der Waals surface area contributed by atoms with E-state index in [-0.39, 0.29) is 5.91 Å². The molecule has 164 valence electrons. The van der Waals surface area contributed by atoms with Crippen LogP contribution in [0.1, 0.15) is 42.1 Å². The summed E-state index contributed by atoms with van der Waals surface area (Å²) in [7, 11) is 4.85. The lowest BCUT2D eigenvalue weighted by Crippen LogP contribution is -2.26. The van der Waals surface area contributed by atoms with Gasteiger partial charge in [-0.1, -0.05) is 31.5 Å². The Morgan fingerprint density at radius 2 is 1.63 bits per heavy atom. The summed E-state index contributed by atoms with van der Waals surface area (Å²) >= 11 is 0. The van der Waals surface area contributed by atoms with Crippen molar-refractivity contribution in [3.63, 3.8) is 0 Å². The second-order valence-electron chi connectivity index (χ2n) is 7.07. The molecule has 6 heteroatoms. The molecule has 2 aromatic rings. The predicted octanol–water partition coefficient (Wildman–Crippen LogP) is 4.13. The minimum atomic E-state index is -0.0951. The zero-order valence-corrected chi connectivity index (χ0v) is 18.6. The molecule has 1 amide bonds. The van der Waals surface area contributed by atoms with Crippen molar-refractivity contribution in [2.24, 2.45) is 0 Å². The maximum atomic E-state index is 12.3. The third kappa shape index (κ3) is 6.95. The molecule has 6 nitrogen and oxygen atoms in total. The molecule has 0 atom stereocenters. The van der Waals surface area contributed by atoms with Gasteiger partial charge in [0.1, 0.15) is 5.75 Å². The summed E-state index contributed by atoms with van der Waals surface area (Å²) in [6.07, 6.45) is 3.11. The molecule has 2 rings (SSSR count). The monoisotopic (exact) mass is 414 g/mol. The van der Waals surface area contributed by atoms with E-state index in [0.29, 0.717) is 23.6 Å². The molecular weight excluding hydrogens is 380 g/mol. The zero-order chi connectivity index (χ0) is 21.8. The first-order valence-corrected chi connectivity index (χ1v) is 10.5. The first kappa shape index (κ1) is 23.5. The van der Waals surface area contributed by atoms with Crippen LogP contribution < -0.4 is 19.5 Å². The van der Waals surface area contributed by atoms with Gasteiger partial charge >= 0.3 is 0 Å². The smallest absolute Gasteiger partial charge is 0.251 e. The molecule has 0 bridgehead atoms. The number of hydrogen-bond donors (Lipinski definition) is 1. The second kappa shape index (κ2) is 12.8. The number of benzene rings is 2. The summed E-state index contributed by atoms with van der Waals surface area (Å²) in [5.74, 6) is 2.01. The van der Waals surface area contributed by atoms with Crippen LogP contribution in [0.15, 0.2) is 42.5 Å². The first-order valence-electron chi connectivity index (χ1n) is 10.5. The van der Waals surface area contributed by atoms with Gasteiger partial charge in [-0.25, -0.2) is 0 Å². The van der Waals surface area contributed by atoms with Gasteiger partial charge in [-0.3, -0.25) is 9.69 Å². The minimum Gasteiger partial charge on any atom is -0.496 e. The molecule has 0 aromatic heterocycles. The fourth-order valence-corrected chi connectivity index (χ4v) is 3.34. The highest BCUT2D eigenvalue weighted by molar-refractivity contribution is 5.94. The average molecular weight is 415 g/mol. The topological polar surface area (TPSA) is 60.0 Å². The van der Waals surface area contributed by atoms with Crippen LogP contribution in [-0.4, -0.2) is 51.8 Å². The van der Waals surface area contributed by atoms with Gasteiger partial charge in [0.25, 0.3) is 5.91 Å². The predicted molar refractivity (Wildman–Crippen MR) is 120 cm³/mol. The number of nitrogens with one attached hydrogen (secondary N) is 1. The molecule has 0 heterocycles. The van der Waals surface area contributed by atoms with Crippen LogP contribution in [0, 0.1) is 0 Å². The van der Waals surface area contributed by atoms with Gasteiger partial charge < -0.3 is 19.5 Å². The summed E-state index contributed by atoms with van der Waals surface area (Å²) in [4.78, 5) is 14.8. The van der Waals surface area contributed by atoms with Crippen LogP contribution in [0.25, 0.3) is 0 Å². The fourth-order valence-electron chi connectivity index (χ4n) is 3.34. The SMILES string of the molecule is CCN(CCCCCNC(=O)c1ccc(OC)c(OC)c1)Cc1ccccc1OC. The molecule has 0 aliphatic carbocycles. The van der Waals surface area contributed by atoms with Crippen molar-refractivity contribution in [1.82, 2.24) is 10.2 Å². The Morgan fingerprint density at radius 3 is 2.33 bits per heavy atom. The lowest BCUT2D eigenvalue weighted by molar-refractivity contribution is 0.0952. The standard InChI is InChI=1S/C24H34N2O4/c1-5-26(18-20-11-7-8-12-21(20)28-2)16-10-6-9-15-25-24(27)19-13-14-22(29-3)23(17-19)30-4/h7-8,11-14,17H,5-6,9-10,15-16,18H2,1-4H3,(H,25,27). The second-order valence-corrected chi connectivity index (χ2v) is 7.07. The highest BCUT2D eigenvalue weighted by atomic mass is 16.5. The van der Waals surface area contributed by atoms with E-state index >= 15 is 0 Å². The number of rotatable bonds is 13. The van der Waals surface area contributed by atoms with Crippen molar-refractivity contribution in [1.29, 1.82) is 0 Å². The van der Waals surface area contributed by atoms with Crippen LogP contribution in [0.4, 0.5) is 0 Å². The number of nitrogens with zero attached hydrogens (tertiary/aromatic N) is 1. The molecule has 0 fully saturated rings. The van der Waals surface area contributed by atoms with E-state index in [1.54, 1.807) is 39.5 Å². The summed E-state index contributed by atoms with van der Waals surface area (Å²) in [5, 5.41) is 2.98. The zero-order valence-electron chi connectivity index (χ0n) is 18.6. The van der Waals surface area contributed by atoms with Crippen LogP contribution in [-0.2, 0) is 6.54 Å². The lowest BCUT2D eigenvalue weighted by atomic mass is 10.1. The van der Waals surface area contributed by atoms with Crippen molar-refractivity contribution in [2.45, 2.75) is 32.7 Å². The normalized spacial score (nSPS) is 10.7. The van der Waals surface area contributed by atoms with E-state index in [2.05, 4.69) is 23.2 Å². The van der Waals surface area contributed by atoms with Crippen molar-refractivity contribution in [3.8, 4) is 17.2 Å². The molecule has 0 unspecified atom stereocenters. The number of amides is 1. The van der Waals surface area contributed by atoms with Gasteiger partial charge in [0.15, 0.2) is 11.5 Å². The van der Waals surface area contributed by atoms with Gasteiger partial charge in [0, 0.05) is 24.2 Å². The highest BCUT2D eigenvalue weighted by Gasteiger charge is 2.11. The number of para-hydroxylation sites is 1. The Morgan fingerprint density at radius 1 is 0.900 bits per heavy atom. The van der Waals surface area contributed by atoms with Crippen molar-refractivity contribution < 1.29 is 19.0 Å². The Kier molecular flexibility index (Phi) is 10.0. The molecule has 0 saturated heterocycles. The Hall–Kier alpha value is -2.73. The molecule has 30 heavy (non-hydrogen) atoms. The molecule has 0 aliphatic heterocycles. The van der Waals surface area contributed by atoms with Crippen LogP contribution in [0.2, 0.25) is 0 Å². The minimum absolute atomic E-state index is 0.0951. The Balaban J connectivity index is 1.70. The number of unbranched alkanes of at least 4 members (excludes halogenated alkanes) is 2. The molecule has 1 N–H and O–H groups in total. The summed E-state index contributed by atoms with van der Waals surface area (Å²) in [5.41, 5.74) is 1.78. The van der Waals surface area contributed by atoms with Gasteiger partial charge in [0.05, 0.1) is 21.3 Å². The lowest BCUT2D eigenvalue weighted by Gasteiger charge is -2.21. The Labute approximate surface area is 180 Å². The van der Waals surface area contributed by atoms with Crippen molar-refractivity contribution in [2.75, 3.05) is 41.0 Å². The van der Waals surface area contributed by atoms with Gasteiger partial charge in [-0.2, -0.15) is 0 Å². The number of carbonyl (C=O) groups excluding carboxylic acids is 1. The van der Waals surface area contributed by atoms with Gasteiger partial charge in [-0.15, -0.1) is 0 Å². The summed E-state index contributed by atoms with van der Waals surface area (Å²) in [6.45, 7) is 5.74. The van der Waals surface area contributed by atoms with E-state index in [4.69, 9.17) is 14.2 Å². The quantitative estimate of drug-likeness (QED) is 0.499. The van der Waals surface area contributed by atoms with E-state index in [9.17, 15) is 4.79 Å². The maximum absolute atomic E-state index is 12.3. The third-order valence-electron chi connectivity index (χ3n) is 5.12. The fraction of sp³-hybridized carbons (Fsp3) is 0.458. The highest BCUT2D eigenvalue weighted by Crippen LogP contribution is 2.27. The van der Waals surface area contributed by atoms with Crippen molar-refractivity contribution >= 4 is 5.91 Å². The van der Waals surface area contributed by atoms with E-state index in [0.717, 1.165) is 44.6 Å². The number of methoxy groups -OCH3 is 3. The summed E-state index contributed by atoms with van der Waals surface area (Å²) < 4.78 is 15.9. The molecule has 0 aliphatic rings. The number of ether oxygens (including phenoxy) is 3. The average Bonchev–Trinajstić information content (AvgIpc) is 2.79. The molecule has 0 saturated carbocycles. The van der Waals surface area contributed by atoms with Crippen LogP contribution in [0.3, 0.4) is 0 Å². The molecular formula is C24H34N2O4. The third-order valence-corrected chi connectivity index (χ3v) is 5.12. The molecule has 0 spiro atoms. The van der Waals surface area contributed by atoms with E-state index in [1.807, 2.05) is 18.2 Å². The molecule has 0 radical (unpaired) electrons. The van der Waals surface area contributed by atoms with Crippen LogP contribution in [0.5, 0.6) is 17.2 Å². The number of carbonyl (C=O) groups is 1. The van der Waals surface area contributed by atoms with Gasteiger partial charge in [0.2, 0.25) is 0 Å².